The first-order valence-corrected chi connectivity index (χ1v) is 8.84. The number of hydrogen-bond donors (Lipinski definition) is 1. The zero-order valence-electron chi connectivity index (χ0n) is 14.4. The monoisotopic (exact) mass is 368 g/mol. The summed E-state index contributed by atoms with van der Waals surface area (Å²) in [6, 6.07) is 10.9. The summed E-state index contributed by atoms with van der Waals surface area (Å²) in [5.41, 5.74) is 3.41. The predicted molar refractivity (Wildman–Crippen MR) is 102 cm³/mol. The lowest BCUT2D eigenvalue weighted by molar-refractivity contribution is -0.384. The van der Waals surface area contributed by atoms with Gasteiger partial charge in [-0.2, -0.15) is 4.98 Å². The van der Waals surface area contributed by atoms with Crippen molar-refractivity contribution in [3.63, 3.8) is 0 Å². The second-order valence-electron chi connectivity index (χ2n) is 7.00. The lowest BCUT2D eigenvalue weighted by Gasteiger charge is -2.18. The first-order chi connectivity index (χ1) is 12.3. The van der Waals surface area contributed by atoms with Gasteiger partial charge in [0.1, 0.15) is 5.52 Å². The first-order valence-electron chi connectivity index (χ1n) is 8.03. The number of aromatic nitrogens is 2. The van der Waals surface area contributed by atoms with Crippen molar-refractivity contribution in [3.05, 3.63) is 52.1 Å². The van der Waals surface area contributed by atoms with Gasteiger partial charge in [0.05, 0.1) is 15.1 Å². The van der Waals surface area contributed by atoms with Crippen LogP contribution in [0.4, 0.5) is 16.8 Å². The summed E-state index contributed by atoms with van der Waals surface area (Å²) >= 11 is 1.31. The molecule has 1 N–H and O–H groups in total. The Morgan fingerprint density at radius 3 is 2.65 bits per heavy atom. The maximum atomic E-state index is 10.9. The fraction of sp³-hybridized carbons (Fsp3) is 0.222. The molecule has 0 saturated heterocycles. The van der Waals surface area contributed by atoms with Crippen LogP contribution in [0.3, 0.4) is 0 Å². The standard InChI is InChI=1S/C18H16N4O3S/c1-18(2,3)10-4-7-14-13(8-10)19-16(25-14)21-17-20-12-6-5-11(22(23)24)9-15(12)26-17/h4-9H,1-3H3,(H,19,20,21). The van der Waals surface area contributed by atoms with E-state index in [4.69, 9.17) is 4.42 Å². The van der Waals surface area contributed by atoms with E-state index in [9.17, 15) is 10.1 Å². The topological polar surface area (TPSA) is 94.1 Å². The summed E-state index contributed by atoms with van der Waals surface area (Å²) < 4.78 is 6.46. The molecule has 2 heterocycles. The molecule has 132 valence electrons. The van der Waals surface area contributed by atoms with E-state index in [1.165, 1.54) is 29.0 Å². The molecule has 8 heteroatoms. The van der Waals surface area contributed by atoms with Crippen LogP contribution < -0.4 is 5.32 Å². The number of nitro groups is 1. The molecule has 4 aromatic rings. The zero-order valence-corrected chi connectivity index (χ0v) is 15.3. The van der Waals surface area contributed by atoms with Crippen LogP contribution in [0.5, 0.6) is 0 Å². The van der Waals surface area contributed by atoms with Crippen molar-refractivity contribution < 1.29 is 9.34 Å². The van der Waals surface area contributed by atoms with E-state index in [1.54, 1.807) is 6.07 Å². The number of hydrogen-bond acceptors (Lipinski definition) is 7. The number of fused-ring (bicyclic) bond motifs is 2. The van der Waals surface area contributed by atoms with Crippen LogP contribution in [0.1, 0.15) is 26.3 Å². The number of anilines is 2. The minimum atomic E-state index is -0.417. The molecule has 0 radical (unpaired) electrons. The van der Waals surface area contributed by atoms with E-state index in [1.807, 2.05) is 18.2 Å². The number of non-ortho nitro benzene ring substituents is 1. The maximum absolute atomic E-state index is 10.9. The lowest BCUT2D eigenvalue weighted by Crippen LogP contribution is -2.10. The highest BCUT2D eigenvalue weighted by atomic mass is 32.1. The fourth-order valence-electron chi connectivity index (χ4n) is 2.62. The van der Waals surface area contributed by atoms with E-state index in [-0.39, 0.29) is 11.1 Å². The van der Waals surface area contributed by atoms with Crippen LogP contribution in [-0.4, -0.2) is 14.9 Å². The second-order valence-corrected chi connectivity index (χ2v) is 8.04. The van der Waals surface area contributed by atoms with Gasteiger partial charge in [0, 0.05) is 12.1 Å². The molecule has 4 rings (SSSR count). The molecule has 0 aliphatic heterocycles. The smallest absolute Gasteiger partial charge is 0.302 e. The third-order valence-electron chi connectivity index (χ3n) is 4.05. The number of nitro benzene ring substituents is 1. The molecule has 26 heavy (non-hydrogen) atoms. The van der Waals surface area contributed by atoms with Crippen LogP contribution >= 0.6 is 11.3 Å². The molecule has 0 spiro atoms. The van der Waals surface area contributed by atoms with Gasteiger partial charge >= 0.3 is 6.01 Å². The molecular formula is C18H16N4O3S. The van der Waals surface area contributed by atoms with Crippen LogP contribution in [0.25, 0.3) is 21.3 Å². The highest BCUT2D eigenvalue weighted by Crippen LogP contribution is 2.32. The Labute approximate surface area is 152 Å². The van der Waals surface area contributed by atoms with Crippen molar-refractivity contribution in [1.29, 1.82) is 0 Å². The van der Waals surface area contributed by atoms with Gasteiger partial charge in [-0.3, -0.25) is 15.4 Å². The van der Waals surface area contributed by atoms with Crippen molar-refractivity contribution in [2.75, 3.05) is 5.32 Å². The third-order valence-corrected chi connectivity index (χ3v) is 4.98. The average molecular weight is 368 g/mol. The predicted octanol–water partition coefficient (Wildman–Crippen LogP) is 5.39. The SMILES string of the molecule is CC(C)(C)c1ccc2oc(Nc3nc4ccc([N+](=O)[O-])cc4s3)nc2c1. The zero-order chi connectivity index (χ0) is 18.5. The quantitative estimate of drug-likeness (QED) is 0.385. The molecule has 0 amide bonds. The fourth-order valence-corrected chi connectivity index (χ4v) is 3.51. The largest absolute Gasteiger partial charge is 0.423 e. The van der Waals surface area contributed by atoms with E-state index in [2.05, 4.69) is 36.1 Å². The summed E-state index contributed by atoms with van der Waals surface area (Å²) in [5, 5.41) is 14.5. The van der Waals surface area contributed by atoms with Crippen LogP contribution in [0.15, 0.2) is 40.8 Å². The molecule has 2 aromatic carbocycles. The Bertz CT molecular complexity index is 1140. The number of nitrogens with zero attached hydrogens (tertiary/aromatic N) is 3. The van der Waals surface area contributed by atoms with Crippen molar-refractivity contribution in [2.45, 2.75) is 26.2 Å². The summed E-state index contributed by atoms with van der Waals surface area (Å²) in [6.45, 7) is 6.44. The minimum absolute atomic E-state index is 0.0302. The molecule has 0 unspecified atom stereocenters. The van der Waals surface area contributed by atoms with Gasteiger partial charge in [-0.15, -0.1) is 0 Å². The number of nitrogens with one attached hydrogen (secondary N) is 1. The molecule has 0 atom stereocenters. The van der Waals surface area contributed by atoms with Gasteiger partial charge < -0.3 is 4.42 Å². The Hall–Kier alpha value is -3.00. The average Bonchev–Trinajstić information content (AvgIpc) is 3.14. The van der Waals surface area contributed by atoms with Crippen molar-refractivity contribution in [3.8, 4) is 0 Å². The number of rotatable bonds is 3. The van der Waals surface area contributed by atoms with Crippen LogP contribution in [-0.2, 0) is 5.41 Å². The van der Waals surface area contributed by atoms with E-state index >= 15 is 0 Å². The molecule has 0 aliphatic carbocycles. The van der Waals surface area contributed by atoms with E-state index < -0.39 is 4.92 Å². The van der Waals surface area contributed by atoms with Crippen molar-refractivity contribution >= 4 is 49.5 Å². The van der Waals surface area contributed by atoms with Crippen molar-refractivity contribution in [1.82, 2.24) is 9.97 Å². The van der Waals surface area contributed by atoms with E-state index in [0.29, 0.717) is 22.2 Å². The lowest BCUT2D eigenvalue weighted by atomic mass is 9.87. The van der Waals surface area contributed by atoms with Gasteiger partial charge in [-0.1, -0.05) is 38.2 Å². The minimum Gasteiger partial charge on any atom is -0.423 e. The maximum Gasteiger partial charge on any atom is 0.302 e. The Morgan fingerprint density at radius 1 is 1.12 bits per heavy atom. The van der Waals surface area contributed by atoms with E-state index in [0.717, 1.165) is 10.2 Å². The molecular weight excluding hydrogens is 352 g/mol. The molecule has 0 fully saturated rings. The summed E-state index contributed by atoms with van der Waals surface area (Å²) in [6.07, 6.45) is 0. The van der Waals surface area contributed by atoms with Crippen molar-refractivity contribution in [2.24, 2.45) is 0 Å². The van der Waals surface area contributed by atoms with Gasteiger partial charge in [-0.05, 0) is 29.2 Å². The number of thiazole rings is 1. The van der Waals surface area contributed by atoms with Gasteiger partial charge in [0.15, 0.2) is 10.7 Å². The first kappa shape index (κ1) is 16.5. The Balaban J connectivity index is 1.66. The molecule has 0 saturated carbocycles. The van der Waals surface area contributed by atoms with Gasteiger partial charge in [0.2, 0.25) is 0 Å². The third kappa shape index (κ3) is 2.99. The number of oxazole rings is 1. The normalized spacial score (nSPS) is 12.0. The molecule has 7 nitrogen and oxygen atoms in total. The Kier molecular flexibility index (Phi) is 3.66. The van der Waals surface area contributed by atoms with Gasteiger partial charge in [0.25, 0.3) is 5.69 Å². The summed E-state index contributed by atoms with van der Waals surface area (Å²) in [4.78, 5) is 19.4. The van der Waals surface area contributed by atoms with Gasteiger partial charge in [-0.25, -0.2) is 4.98 Å². The second kappa shape index (κ2) is 5.77. The molecule has 0 bridgehead atoms. The molecule has 0 aliphatic rings. The number of benzene rings is 2. The van der Waals surface area contributed by atoms with Crippen LogP contribution in [0.2, 0.25) is 0 Å². The highest BCUT2D eigenvalue weighted by molar-refractivity contribution is 7.22. The van der Waals surface area contributed by atoms with Crippen LogP contribution in [0, 0.1) is 10.1 Å². The summed E-state index contributed by atoms with van der Waals surface area (Å²) in [7, 11) is 0. The highest BCUT2D eigenvalue weighted by Gasteiger charge is 2.16. The summed E-state index contributed by atoms with van der Waals surface area (Å²) in [5.74, 6) is 0. The Morgan fingerprint density at radius 2 is 1.92 bits per heavy atom. The molecule has 2 aromatic heterocycles.